The Balaban J connectivity index is 4.10. The average Bonchev–Trinajstić information content (AvgIpc) is 2.03. The van der Waals surface area contributed by atoms with E-state index in [0.717, 1.165) is 0 Å². The molecule has 1 unspecified atom stereocenters. The van der Waals surface area contributed by atoms with Crippen molar-refractivity contribution in [2.24, 2.45) is 0 Å². The van der Waals surface area contributed by atoms with Crippen LogP contribution in [0.1, 0.15) is 33.1 Å². The number of hydrogen-bond acceptors (Lipinski definition) is 2. The van der Waals surface area contributed by atoms with Crippen LogP contribution in [0.25, 0.3) is 0 Å². The SMILES string of the molecule is C=CCC(O)C(O)(CC)CC. The number of aliphatic hydroxyl groups is 2. The Morgan fingerprint density at radius 2 is 1.91 bits per heavy atom. The van der Waals surface area contributed by atoms with Crippen molar-refractivity contribution in [1.82, 2.24) is 0 Å². The van der Waals surface area contributed by atoms with E-state index in [9.17, 15) is 10.2 Å². The van der Waals surface area contributed by atoms with Gasteiger partial charge in [-0.15, -0.1) is 6.58 Å². The van der Waals surface area contributed by atoms with Gasteiger partial charge >= 0.3 is 0 Å². The molecule has 2 heteroatoms. The summed E-state index contributed by atoms with van der Waals surface area (Å²) in [5.41, 5.74) is -0.922. The Labute approximate surface area is 68.6 Å². The second-order valence-electron chi connectivity index (χ2n) is 2.85. The van der Waals surface area contributed by atoms with Gasteiger partial charge in [-0.05, 0) is 19.3 Å². The monoisotopic (exact) mass is 158 g/mol. The topological polar surface area (TPSA) is 40.5 Å². The lowest BCUT2D eigenvalue weighted by Gasteiger charge is -2.30. The van der Waals surface area contributed by atoms with E-state index in [2.05, 4.69) is 6.58 Å². The fourth-order valence-corrected chi connectivity index (χ4v) is 1.10. The van der Waals surface area contributed by atoms with Crippen LogP contribution in [0.3, 0.4) is 0 Å². The van der Waals surface area contributed by atoms with Gasteiger partial charge in [0.25, 0.3) is 0 Å². The highest BCUT2D eigenvalue weighted by molar-refractivity contribution is 4.88. The van der Waals surface area contributed by atoms with Gasteiger partial charge in [0.2, 0.25) is 0 Å². The summed E-state index contributed by atoms with van der Waals surface area (Å²) in [6.07, 6.45) is 2.57. The molecule has 0 rings (SSSR count). The molecule has 0 aromatic heterocycles. The summed E-state index contributed by atoms with van der Waals surface area (Å²) < 4.78 is 0. The molecule has 2 N–H and O–H groups in total. The maximum absolute atomic E-state index is 9.73. The first-order valence-electron chi connectivity index (χ1n) is 4.12. The van der Waals surface area contributed by atoms with E-state index in [1.54, 1.807) is 6.08 Å². The lowest BCUT2D eigenvalue weighted by atomic mass is 9.89. The Morgan fingerprint density at radius 3 is 2.18 bits per heavy atom. The van der Waals surface area contributed by atoms with Gasteiger partial charge in [0.15, 0.2) is 0 Å². The molecule has 0 bridgehead atoms. The predicted molar refractivity (Wildman–Crippen MR) is 46.4 cm³/mol. The van der Waals surface area contributed by atoms with Crippen molar-refractivity contribution in [2.45, 2.75) is 44.8 Å². The summed E-state index contributed by atoms with van der Waals surface area (Å²) >= 11 is 0. The molecular formula is C9H18O2. The van der Waals surface area contributed by atoms with Crippen LogP contribution < -0.4 is 0 Å². The van der Waals surface area contributed by atoms with Crippen molar-refractivity contribution in [1.29, 1.82) is 0 Å². The van der Waals surface area contributed by atoms with Crippen molar-refractivity contribution < 1.29 is 10.2 Å². The Hall–Kier alpha value is -0.340. The first-order chi connectivity index (χ1) is 5.10. The van der Waals surface area contributed by atoms with Crippen molar-refractivity contribution in [3.63, 3.8) is 0 Å². The van der Waals surface area contributed by atoms with Crippen molar-refractivity contribution >= 4 is 0 Å². The van der Waals surface area contributed by atoms with Crippen LogP contribution in [-0.2, 0) is 0 Å². The molecule has 2 nitrogen and oxygen atoms in total. The molecule has 0 aliphatic carbocycles. The molecule has 0 saturated heterocycles. The van der Waals surface area contributed by atoms with Gasteiger partial charge < -0.3 is 10.2 Å². The summed E-state index contributed by atoms with van der Waals surface area (Å²) in [4.78, 5) is 0. The Kier molecular flexibility index (Phi) is 4.38. The molecule has 0 fully saturated rings. The molecule has 0 aromatic rings. The average molecular weight is 158 g/mol. The number of rotatable bonds is 5. The number of aliphatic hydroxyl groups excluding tert-OH is 1. The maximum atomic E-state index is 9.73. The summed E-state index contributed by atoms with van der Waals surface area (Å²) in [5.74, 6) is 0. The minimum atomic E-state index is -0.922. The quantitative estimate of drug-likeness (QED) is 0.595. The minimum absolute atomic E-state index is 0.457. The molecule has 0 aliphatic rings. The predicted octanol–water partition coefficient (Wildman–Crippen LogP) is 1.47. The highest BCUT2D eigenvalue weighted by Crippen LogP contribution is 2.21. The van der Waals surface area contributed by atoms with Crippen LogP contribution in [0, 0.1) is 0 Å². The lowest BCUT2D eigenvalue weighted by Crippen LogP contribution is -2.40. The van der Waals surface area contributed by atoms with Crippen LogP contribution in [0.4, 0.5) is 0 Å². The van der Waals surface area contributed by atoms with E-state index in [1.807, 2.05) is 13.8 Å². The van der Waals surface area contributed by atoms with Crippen molar-refractivity contribution in [3.8, 4) is 0 Å². The molecule has 0 aliphatic heterocycles. The van der Waals surface area contributed by atoms with Gasteiger partial charge in [0.1, 0.15) is 0 Å². The zero-order valence-electron chi connectivity index (χ0n) is 7.38. The lowest BCUT2D eigenvalue weighted by molar-refractivity contribution is -0.0778. The smallest absolute Gasteiger partial charge is 0.0903 e. The third kappa shape index (κ3) is 2.64. The van der Waals surface area contributed by atoms with Gasteiger partial charge in [0.05, 0.1) is 11.7 Å². The summed E-state index contributed by atoms with van der Waals surface area (Å²) in [5, 5.41) is 19.2. The van der Waals surface area contributed by atoms with Gasteiger partial charge in [-0.3, -0.25) is 0 Å². The molecule has 0 spiro atoms. The second-order valence-corrected chi connectivity index (χ2v) is 2.85. The second kappa shape index (κ2) is 4.52. The molecular weight excluding hydrogens is 140 g/mol. The van der Waals surface area contributed by atoms with Gasteiger partial charge in [0, 0.05) is 0 Å². The van der Waals surface area contributed by atoms with Crippen LogP contribution in [0.5, 0.6) is 0 Å². The summed E-state index contributed by atoms with van der Waals surface area (Å²) in [6.45, 7) is 7.25. The summed E-state index contributed by atoms with van der Waals surface area (Å²) in [6, 6.07) is 0. The van der Waals surface area contributed by atoms with Crippen LogP contribution in [0.15, 0.2) is 12.7 Å². The van der Waals surface area contributed by atoms with Crippen molar-refractivity contribution in [2.75, 3.05) is 0 Å². The molecule has 66 valence electrons. The van der Waals surface area contributed by atoms with E-state index in [0.29, 0.717) is 19.3 Å². The third-order valence-electron chi connectivity index (χ3n) is 2.23. The van der Waals surface area contributed by atoms with Crippen LogP contribution in [0.2, 0.25) is 0 Å². The van der Waals surface area contributed by atoms with Crippen LogP contribution in [-0.4, -0.2) is 21.9 Å². The van der Waals surface area contributed by atoms with E-state index >= 15 is 0 Å². The van der Waals surface area contributed by atoms with Gasteiger partial charge in [-0.1, -0.05) is 19.9 Å². The molecule has 0 amide bonds. The van der Waals surface area contributed by atoms with Crippen molar-refractivity contribution in [3.05, 3.63) is 12.7 Å². The standard InChI is InChI=1S/C9H18O2/c1-4-7-8(10)9(11,5-2)6-3/h4,8,10-11H,1,5-7H2,2-3H3. The molecule has 1 atom stereocenters. The fourth-order valence-electron chi connectivity index (χ4n) is 1.10. The van der Waals surface area contributed by atoms with Crippen LogP contribution >= 0.6 is 0 Å². The highest BCUT2D eigenvalue weighted by atomic mass is 16.3. The van der Waals surface area contributed by atoms with E-state index < -0.39 is 11.7 Å². The van der Waals surface area contributed by atoms with Gasteiger partial charge in [-0.2, -0.15) is 0 Å². The maximum Gasteiger partial charge on any atom is 0.0903 e. The summed E-state index contributed by atoms with van der Waals surface area (Å²) in [7, 11) is 0. The molecule has 11 heavy (non-hydrogen) atoms. The zero-order valence-corrected chi connectivity index (χ0v) is 7.38. The minimum Gasteiger partial charge on any atom is -0.390 e. The largest absolute Gasteiger partial charge is 0.390 e. The first kappa shape index (κ1) is 10.7. The highest BCUT2D eigenvalue weighted by Gasteiger charge is 2.30. The Morgan fingerprint density at radius 1 is 1.45 bits per heavy atom. The zero-order chi connectivity index (χ0) is 8.91. The van der Waals surface area contributed by atoms with E-state index in [1.165, 1.54) is 0 Å². The Bertz CT molecular complexity index is 117. The third-order valence-corrected chi connectivity index (χ3v) is 2.23. The fraction of sp³-hybridized carbons (Fsp3) is 0.778. The normalized spacial score (nSPS) is 14.5. The molecule has 0 heterocycles. The molecule has 0 aromatic carbocycles. The first-order valence-corrected chi connectivity index (χ1v) is 4.12. The van der Waals surface area contributed by atoms with E-state index in [-0.39, 0.29) is 0 Å². The van der Waals surface area contributed by atoms with Gasteiger partial charge in [-0.25, -0.2) is 0 Å². The number of hydrogen-bond donors (Lipinski definition) is 2. The van der Waals surface area contributed by atoms with E-state index in [4.69, 9.17) is 0 Å². The molecule has 0 radical (unpaired) electrons. The molecule has 0 saturated carbocycles.